The second-order valence-corrected chi connectivity index (χ2v) is 6.32. The van der Waals surface area contributed by atoms with Gasteiger partial charge in [-0.05, 0) is 55.8 Å². The second-order valence-electron chi connectivity index (χ2n) is 5.52. The molecule has 2 unspecified atom stereocenters. The minimum Gasteiger partial charge on any atom is -0.496 e. The van der Waals surface area contributed by atoms with Gasteiger partial charge in [0, 0.05) is 16.1 Å². The summed E-state index contributed by atoms with van der Waals surface area (Å²) in [6.45, 7) is 7.73. The third-order valence-electron chi connectivity index (χ3n) is 4.08. The third kappa shape index (κ3) is 2.82. The summed E-state index contributed by atoms with van der Waals surface area (Å²) in [5, 5.41) is 3.68. The van der Waals surface area contributed by atoms with Crippen molar-refractivity contribution in [2.45, 2.75) is 52.0 Å². The minimum absolute atomic E-state index is 0.453. The topological polar surface area (TPSA) is 21.3 Å². The van der Waals surface area contributed by atoms with Crippen LogP contribution in [0.5, 0.6) is 5.75 Å². The zero-order chi connectivity index (χ0) is 14.0. The first-order chi connectivity index (χ1) is 9.10. The van der Waals surface area contributed by atoms with Gasteiger partial charge in [-0.15, -0.1) is 0 Å². The van der Waals surface area contributed by atoms with E-state index in [9.17, 15) is 0 Å². The molecule has 1 aromatic rings. The van der Waals surface area contributed by atoms with E-state index < -0.39 is 0 Å². The molecule has 3 heteroatoms. The van der Waals surface area contributed by atoms with Gasteiger partial charge >= 0.3 is 0 Å². The van der Waals surface area contributed by atoms with Crippen LogP contribution in [-0.2, 0) is 0 Å². The molecule has 0 saturated heterocycles. The average molecular weight is 326 g/mol. The molecule has 0 bridgehead atoms. The van der Waals surface area contributed by atoms with Crippen LogP contribution >= 0.6 is 15.9 Å². The maximum absolute atomic E-state index is 5.62. The first-order valence-electron chi connectivity index (χ1n) is 7.20. The van der Waals surface area contributed by atoms with Gasteiger partial charge in [0.1, 0.15) is 5.75 Å². The Balaban J connectivity index is 2.51. The molecule has 2 atom stereocenters. The standard InChI is InChI=1S/C16H24BrNO/c1-5-8-18-12-7-6-10(2)14-13(19-4)9-11(3)16(17)15(12)14/h9-10,12,18H,5-8H2,1-4H3. The molecule has 0 aliphatic heterocycles. The summed E-state index contributed by atoms with van der Waals surface area (Å²) >= 11 is 3.79. The van der Waals surface area contributed by atoms with Crippen molar-refractivity contribution in [2.75, 3.05) is 13.7 Å². The lowest BCUT2D eigenvalue weighted by atomic mass is 9.79. The molecule has 0 amide bonds. The van der Waals surface area contributed by atoms with E-state index in [1.54, 1.807) is 7.11 Å². The Bertz CT molecular complexity index is 459. The summed E-state index contributed by atoms with van der Waals surface area (Å²) in [6.07, 6.45) is 3.60. The van der Waals surface area contributed by atoms with Gasteiger partial charge in [0.25, 0.3) is 0 Å². The summed E-state index contributed by atoms with van der Waals surface area (Å²) in [6, 6.07) is 2.61. The van der Waals surface area contributed by atoms with E-state index in [-0.39, 0.29) is 0 Å². The lowest BCUT2D eigenvalue weighted by molar-refractivity contribution is 0.382. The molecule has 1 aromatic carbocycles. The molecule has 1 N–H and O–H groups in total. The van der Waals surface area contributed by atoms with Gasteiger partial charge in [0.2, 0.25) is 0 Å². The highest BCUT2D eigenvalue weighted by Crippen LogP contribution is 2.46. The monoisotopic (exact) mass is 325 g/mol. The molecule has 2 rings (SSSR count). The van der Waals surface area contributed by atoms with Gasteiger partial charge in [-0.3, -0.25) is 0 Å². The number of methoxy groups -OCH3 is 1. The van der Waals surface area contributed by atoms with Crippen LogP contribution in [0.1, 0.15) is 61.8 Å². The maximum Gasteiger partial charge on any atom is 0.122 e. The van der Waals surface area contributed by atoms with Gasteiger partial charge in [0.15, 0.2) is 0 Å². The molecule has 106 valence electrons. The van der Waals surface area contributed by atoms with E-state index in [0.717, 1.165) is 12.3 Å². The fourth-order valence-electron chi connectivity index (χ4n) is 3.05. The Morgan fingerprint density at radius 1 is 1.37 bits per heavy atom. The quantitative estimate of drug-likeness (QED) is 0.866. The van der Waals surface area contributed by atoms with Crippen LogP contribution in [0, 0.1) is 6.92 Å². The van der Waals surface area contributed by atoms with Crippen molar-refractivity contribution in [1.29, 1.82) is 0 Å². The highest BCUT2D eigenvalue weighted by atomic mass is 79.9. The molecule has 0 radical (unpaired) electrons. The van der Waals surface area contributed by atoms with Crippen LogP contribution in [0.2, 0.25) is 0 Å². The number of hydrogen-bond acceptors (Lipinski definition) is 2. The van der Waals surface area contributed by atoms with E-state index >= 15 is 0 Å². The third-order valence-corrected chi connectivity index (χ3v) is 5.13. The number of nitrogens with one attached hydrogen (secondary N) is 1. The summed E-state index contributed by atoms with van der Waals surface area (Å²) in [7, 11) is 1.78. The molecule has 1 aliphatic rings. The predicted octanol–water partition coefficient (Wildman–Crippen LogP) is 4.70. The zero-order valence-corrected chi connectivity index (χ0v) is 13.9. The molecule has 19 heavy (non-hydrogen) atoms. The van der Waals surface area contributed by atoms with Gasteiger partial charge in [-0.25, -0.2) is 0 Å². The number of fused-ring (bicyclic) bond motifs is 1. The van der Waals surface area contributed by atoms with Crippen LogP contribution in [0.3, 0.4) is 0 Å². The maximum atomic E-state index is 5.62. The summed E-state index contributed by atoms with van der Waals surface area (Å²) in [4.78, 5) is 0. The number of ether oxygens (including phenoxy) is 1. The van der Waals surface area contributed by atoms with E-state index in [1.165, 1.54) is 40.4 Å². The predicted molar refractivity (Wildman–Crippen MR) is 84.1 cm³/mol. The van der Waals surface area contributed by atoms with Crippen LogP contribution in [-0.4, -0.2) is 13.7 Å². The molecule has 2 nitrogen and oxygen atoms in total. The number of hydrogen-bond donors (Lipinski definition) is 1. The summed E-state index contributed by atoms with van der Waals surface area (Å²) in [5.41, 5.74) is 4.07. The number of halogens is 1. The summed E-state index contributed by atoms with van der Waals surface area (Å²) < 4.78 is 6.88. The van der Waals surface area contributed by atoms with E-state index in [2.05, 4.69) is 48.1 Å². The lowest BCUT2D eigenvalue weighted by Crippen LogP contribution is -2.28. The second kappa shape index (κ2) is 6.27. The number of benzene rings is 1. The SMILES string of the molecule is CCCNC1CCC(C)c2c(OC)cc(C)c(Br)c21. The van der Waals surface area contributed by atoms with E-state index in [4.69, 9.17) is 4.74 Å². The van der Waals surface area contributed by atoms with Crippen molar-refractivity contribution in [2.24, 2.45) is 0 Å². The van der Waals surface area contributed by atoms with Crippen molar-refractivity contribution in [1.82, 2.24) is 5.32 Å². The molecular weight excluding hydrogens is 302 g/mol. The normalized spacial score (nSPS) is 22.2. The molecular formula is C16H24BrNO. The average Bonchev–Trinajstić information content (AvgIpc) is 2.41. The lowest BCUT2D eigenvalue weighted by Gasteiger charge is -2.33. The van der Waals surface area contributed by atoms with Crippen LogP contribution < -0.4 is 10.1 Å². The molecule has 0 fully saturated rings. The fraction of sp³-hybridized carbons (Fsp3) is 0.625. The first-order valence-corrected chi connectivity index (χ1v) is 7.99. The summed E-state index contributed by atoms with van der Waals surface area (Å²) in [5.74, 6) is 1.62. The van der Waals surface area contributed by atoms with Crippen molar-refractivity contribution < 1.29 is 4.74 Å². The smallest absolute Gasteiger partial charge is 0.122 e. The molecule has 0 aromatic heterocycles. The van der Waals surface area contributed by atoms with Gasteiger partial charge < -0.3 is 10.1 Å². The van der Waals surface area contributed by atoms with Gasteiger partial charge in [-0.2, -0.15) is 0 Å². The first kappa shape index (κ1) is 14.9. The number of aryl methyl sites for hydroxylation is 1. The van der Waals surface area contributed by atoms with Gasteiger partial charge in [0.05, 0.1) is 7.11 Å². The molecule has 0 heterocycles. The Hall–Kier alpha value is -0.540. The van der Waals surface area contributed by atoms with Crippen molar-refractivity contribution >= 4 is 15.9 Å². The van der Waals surface area contributed by atoms with Crippen molar-refractivity contribution in [3.8, 4) is 5.75 Å². The molecule has 0 saturated carbocycles. The van der Waals surface area contributed by atoms with Gasteiger partial charge in [-0.1, -0.05) is 29.8 Å². The minimum atomic E-state index is 0.453. The van der Waals surface area contributed by atoms with Crippen LogP contribution in [0.4, 0.5) is 0 Å². The molecule has 1 aliphatic carbocycles. The Morgan fingerprint density at radius 3 is 2.74 bits per heavy atom. The highest BCUT2D eigenvalue weighted by Gasteiger charge is 2.30. The number of rotatable bonds is 4. The van der Waals surface area contributed by atoms with Crippen LogP contribution in [0.25, 0.3) is 0 Å². The fourth-order valence-corrected chi connectivity index (χ4v) is 3.65. The Labute approximate surface area is 125 Å². The molecule has 0 spiro atoms. The van der Waals surface area contributed by atoms with E-state index in [0.29, 0.717) is 12.0 Å². The van der Waals surface area contributed by atoms with Crippen molar-refractivity contribution in [3.63, 3.8) is 0 Å². The Kier molecular flexibility index (Phi) is 4.91. The zero-order valence-electron chi connectivity index (χ0n) is 12.3. The van der Waals surface area contributed by atoms with Crippen LogP contribution in [0.15, 0.2) is 10.5 Å². The largest absolute Gasteiger partial charge is 0.496 e. The van der Waals surface area contributed by atoms with E-state index in [1.807, 2.05) is 0 Å². The Morgan fingerprint density at radius 2 is 2.11 bits per heavy atom. The highest BCUT2D eigenvalue weighted by molar-refractivity contribution is 9.10. The van der Waals surface area contributed by atoms with Crippen molar-refractivity contribution in [3.05, 3.63) is 27.2 Å².